The lowest BCUT2D eigenvalue weighted by molar-refractivity contribution is -0.116. The molecule has 8 nitrogen and oxygen atoms in total. The van der Waals surface area contributed by atoms with Crippen LogP contribution in [0.3, 0.4) is 0 Å². The number of thiophene rings is 1. The van der Waals surface area contributed by atoms with Crippen LogP contribution in [-0.2, 0) is 11.3 Å². The second kappa shape index (κ2) is 8.84. The van der Waals surface area contributed by atoms with Gasteiger partial charge in [-0.15, -0.1) is 11.3 Å². The number of hydrogen-bond donors (Lipinski definition) is 1. The van der Waals surface area contributed by atoms with E-state index >= 15 is 0 Å². The summed E-state index contributed by atoms with van der Waals surface area (Å²) in [6.07, 6.45) is 1.23. The molecule has 1 N–H and O–H groups in total. The van der Waals surface area contributed by atoms with Crippen molar-refractivity contribution >= 4 is 33.1 Å². The lowest BCUT2D eigenvalue weighted by atomic mass is 10.1. The number of anilines is 1. The zero-order valence-corrected chi connectivity index (χ0v) is 19.3. The Kier molecular flexibility index (Phi) is 5.69. The monoisotopic (exact) mass is 493 g/mol. The van der Waals surface area contributed by atoms with Crippen molar-refractivity contribution in [2.45, 2.75) is 20.4 Å². The molecule has 35 heavy (non-hydrogen) atoms. The highest BCUT2D eigenvalue weighted by Gasteiger charge is 2.21. The Balaban J connectivity index is 1.45. The molecule has 0 radical (unpaired) electrons. The summed E-state index contributed by atoms with van der Waals surface area (Å²) in [5.41, 5.74) is 1.65. The van der Waals surface area contributed by atoms with Gasteiger partial charge in [0, 0.05) is 11.6 Å². The van der Waals surface area contributed by atoms with Crippen LogP contribution in [0, 0.1) is 25.5 Å². The van der Waals surface area contributed by atoms with Crippen LogP contribution in [0.1, 0.15) is 11.1 Å². The number of fused-ring (bicyclic) bond motifs is 1. The van der Waals surface area contributed by atoms with Crippen LogP contribution in [0.5, 0.6) is 0 Å². The van der Waals surface area contributed by atoms with Crippen LogP contribution in [0.15, 0.2) is 58.1 Å². The van der Waals surface area contributed by atoms with E-state index in [1.165, 1.54) is 17.7 Å². The van der Waals surface area contributed by atoms with Gasteiger partial charge in [0.15, 0.2) is 0 Å². The number of carbonyl (C=O) groups excluding carboxylic acids is 1. The van der Waals surface area contributed by atoms with Crippen LogP contribution in [0.2, 0.25) is 0 Å². The Morgan fingerprint density at radius 3 is 2.77 bits per heavy atom. The normalized spacial score (nSPS) is 11.2. The predicted molar refractivity (Wildman–Crippen MR) is 127 cm³/mol. The maximum atomic E-state index is 13.8. The quantitative estimate of drug-likeness (QED) is 0.380. The Morgan fingerprint density at radius 2 is 1.97 bits per heavy atom. The Bertz CT molecular complexity index is 1660. The van der Waals surface area contributed by atoms with Crippen molar-refractivity contribution in [2.75, 3.05) is 5.32 Å². The SMILES string of the molecule is Cc1ccccc1-c1noc(-c2sc3ncn(CC(=O)Nc4cc(F)ccc4F)c(=O)c3c2C)n1. The number of aryl methyl sites for hydroxylation is 2. The van der Waals surface area contributed by atoms with E-state index in [9.17, 15) is 18.4 Å². The molecule has 176 valence electrons. The molecule has 0 spiro atoms. The average Bonchev–Trinajstić information content (AvgIpc) is 3.43. The summed E-state index contributed by atoms with van der Waals surface area (Å²) >= 11 is 1.23. The Labute approximate surface area is 200 Å². The first-order valence-corrected chi connectivity index (χ1v) is 11.3. The summed E-state index contributed by atoms with van der Waals surface area (Å²) in [5.74, 6) is -1.50. The van der Waals surface area contributed by atoms with E-state index in [1.807, 2.05) is 31.2 Å². The number of carbonyl (C=O) groups is 1. The minimum atomic E-state index is -0.788. The van der Waals surface area contributed by atoms with Crippen molar-refractivity contribution in [1.82, 2.24) is 19.7 Å². The number of nitrogens with zero attached hydrogens (tertiary/aromatic N) is 4. The molecule has 0 saturated carbocycles. The third-order valence-electron chi connectivity index (χ3n) is 5.44. The molecular formula is C24H17F2N5O3S. The highest BCUT2D eigenvalue weighted by molar-refractivity contribution is 7.22. The van der Waals surface area contributed by atoms with Crippen molar-refractivity contribution in [2.24, 2.45) is 0 Å². The first-order chi connectivity index (χ1) is 16.8. The highest BCUT2D eigenvalue weighted by atomic mass is 32.1. The molecule has 0 unspecified atom stereocenters. The predicted octanol–water partition coefficient (Wildman–Crippen LogP) is 4.71. The van der Waals surface area contributed by atoms with Crippen molar-refractivity contribution in [3.63, 3.8) is 0 Å². The van der Waals surface area contributed by atoms with E-state index in [0.717, 1.165) is 33.9 Å². The average molecular weight is 493 g/mol. The van der Waals surface area contributed by atoms with Gasteiger partial charge in [-0.2, -0.15) is 4.98 Å². The zero-order valence-electron chi connectivity index (χ0n) is 18.5. The number of nitrogens with one attached hydrogen (secondary N) is 1. The molecule has 1 amide bonds. The minimum Gasteiger partial charge on any atom is -0.333 e. The maximum absolute atomic E-state index is 13.8. The largest absolute Gasteiger partial charge is 0.333 e. The van der Waals surface area contributed by atoms with E-state index in [4.69, 9.17) is 4.52 Å². The number of aromatic nitrogens is 4. The van der Waals surface area contributed by atoms with Crippen LogP contribution < -0.4 is 10.9 Å². The maximum Gasteiger partial charge on any atom is 0.268 e. The van der Waals surface area contributed by atoms with Crippen LogP contribution >= 0.6 is 11.3 Å². The molecule has 0 aliphatic carbocycles. The summed E-state index contributed by atoms with van der Waals surface area (Å²) in [6.45, 7) is 3.25. The molecule has 3 aromatic heterocycles. The third kappa shape index (κ3) is 4.21. The molecule has 0 atom stereocenters. The van der Waals surface area contributed by atoms with Crippen LogP contribution in [0.4, 0.5) is 14.5 Å². The van der Waals surface area contributed by atoms with Crippen LogP contribution in [-0.4, -0.2) is 25.6 Å². The van der Waals surface area contributed by atoms with Gasteiger partial charge in [0.25, 0.3) is 11.4 Å². The number of amides is 1. The summed E-state index contributed by atoms with van der Waals surface area (Å²) in [6, 6.07) is 10.3. The van der Waals surface area contributed by atoms with E-state index in [0.29, 0.717) is 26.5 Å². The number of benzene rings is 2. The van der Waals surface area contributed by atoms with E-state index < -0.39 is 29.6 Å². The van der Waals surface area contributed by atoms with Gasteiger partial charge in [-0.1, -0.05) is 29.4 Å². The number of halogens is 2. The lowest BCUT2D eigenvalue weighted by Crippen LogP contribution is -2.28. The molecule has 11 heteroatoms. The van der Waals surface area contributed by atoms with E-state index in [2.05, 4.69) is 20.4 Å². The van der Waals surface area contributed by atoms with Crippen LogP contribution in [0.25, 0.3) is 32.4 Å². The second-order valence-corrected chi connectivity index (χ2v) is 8.82. The first-order valence-electron chi connectivity index (χ1n) is 10.5. The van der Waals surface area contributed by atoms with E-state index in [1.54, 1.807) is 6.92 Å². The Hall–Kier alpha value is -4.25. The van der Waals surface area contributed by atoms with Gasteiger partial charge in [0.2, 0.25) is 11.7 Å². The molecule has 0 aliphatic heterocycles. The van der Waals surface area contributed by atoms with E-state index in [-0.39, 0.29) is 11.6 Å². The molecule has 0 aliphatic rings. The van der Waals surface area contributed by atoms with Gasteiger partial charge in [-0.25, -0.2) is 13.8 Å². The standard InChI is InChI=1S/C24H17F2N5O3S/c1-12-5-3-4-6-15(12)21-29-22(34-30-21)20-13(2)19-23(35-20)27-11-31(24(19)33)10-18(32)28-17-9-14(25)7-8-16(17)26/h3-9,11H,10H2,1-2H3,(H,28,32). The van der Waals surface area contributed by atoms with Gasteiger partial charge in [-0.3, -0.25) is 14.2 Å². The molecule has 5 rings (SSSR count). The molecule has 0 fully saturated rings. The second-order valence-electron chi connectivity index (χ2n) is 7.82. The van der Waals surface area contributed by atoms with Gasteiger partial charge in [-0.05, 0) is 37.1 Å². The summed E-state index contributed by atoms with van der Waals surface area (Å²) in [4.78, 5) is 35.4. The topological polar surface area (TPSA) is 103 Å². The molecular weight excluding hydrogens is 476 g/mol. The first kappa shape index (κ1) is 22.5. The minimum absolute atomic E-state index is 0.258. The van der Waals surface area contributed by atoms with Crippen molar-refractivity contribution in [3.8, 4) is 22.2 Å². The Morgan fingerprint density at radius 1 is 1.17 bits per heavy atom. The molecule has 0 saturated heterocycles. The van der Waals surface area contributed by atoms with Crippen molar-refractivity contribution < 1.29 is 18.1 Å². The molecule has 3 heterocycles. The van der Waals surface area contributed by atoms with Crippen molar-refractivity contribution in [1.29, 1.82) is 0 Å². The van der Waals surface area contributed by atoms with Gasteiger partial charge >= 0.3 is 0 Å². The summed E-state index contributed by atoms with van der Waals surface area (Å²) < 4.78 is 33.8. The summed E-state index contributed by atoms with van der Waals surface area (Å²) in [5, 5.41) is 6.66. The zero-order chi connectivity index (χ0) is 24.7. The number of rotatable bonds is 5. The lowest BCUT2D eigenvalue weighted by Gasteiger charge is -2.08. The van der Waals surface area contributed by atoms with Gasteiger partial charge in [0.1, 0.15) is 23.0 Å². The number of hydrogen-bond acceptors (Lipinski definition) is 7. The van der Waals surface area contributed by atoms with Gasteiger partial charge in [0.05, 0.1) is 22.3 Å². The third-order valence-corrected chi connectivity index (χ3v) is 6.63. The molecule has 2 aromatic carbocycles. The molecule has 5 aromatic rings. The fraction of sp³-hybridized carbons (Fsp3) is 0.125. The highest BCUT2D eigenvalue weighted by Crippen LogP contribution is 2.35. The van der Waals surface area contributed by atoms with Gasteiger partial charge < -0.3 is 9.84 Å². The summed E-state index contributed by atoms with van der Waals surface area (Å²) in [7, 11) is 0. The fourth-order valence-corrected chi connectivity index (χ4v) is 4.72. The molecule has 0 bridgehead atoms. The smallest absolute Gasteiger partial charge is 0.268 e. The van der Waals surface area contributed by atoms with Crippen molar-refractivity contribution in [3.05, 3.63) is 81.9 Å². The fourth-order valence-electron chi connectivity index (χ4n) is 3.66.